The largest absolute Gasteiger partial charge is 0.435 e. The van der Waals surface area contributed by atoms with E-state index in [1.54, 1.807) is 12.4 Å². The van der Waals surface area contributed by atoms with Gasteiger partial charge in [0.2, 0.25) is 11.8 Å². The lowest BCUT2D eigenvalue weighted by Crippen LogP contribution is -1.86. The van der Waals surface area contributed by atoms with Crippen molar-refractivity contribution in [2.75, 3.05) is 0 Å². The average Bonchev–Trinajstić information content (AvgIpc) is 3.46. The van der Waals surface area contributed by atoms with Gasteiger partial charge in [0.05, 0.1) is 12.4 Å². The second-order valence-corrected chi connectivity index (χ2v) is 6.20. The summed E-state index contributed by atoms with van der Waals surface area (Å²) in [6.45, 7) is 0. The highest BCUT2D eigenvalue weighted by Crippen LogP contribution is 2.28. The quantitative estimate of drug-likeness (QED) is 0.407. The van der Waals surface area contributed by atoms with Crippen molar-refractivity contribution in [3.8, 4) is 45.8 Å². The van der Waals surface area contributed by atoms with Gasteiger partial charge in [0.1, 0.15) is 11.4 Å². The van der Waals surface area contributed by atoms with Crippen molar-refractivity contribution in [2.45, 2.75) is 0 Å². The molecule has 0 radical (unpaired) electrons. The summed E-state index contributed by atoms with van der Waals surface area (Å²) in [5.74, 6) is 2.32. The first-order chi connectivity index (χ1) is 13.9. The van der Waals surface area contributed by atoms with Gasteiger partial charge in [0.25, 0.3) is 0 Å². The highest BCUT2D eigenvalue weighted by Gasteiger charge is 2.13. The molecule has 28 heavy (non-hydrogen) atoms. The molecule has 0 bridgehead atoms. The summed E-state index contributed by atoms with van der Waals surface area (Å²) in [4.78, 5) is 13.4. The topological polar surface area (TPSA) is 65.0 Å². The summed E-state index contributed by atoms with van der Waals surface area (Å²) in [6, 6.07) is 25.2. The molecule has 0 aliphatic carbocycles. The van der Waals surface area contributed by atoms with Gasteiger partial charge in [0.15, 0.2) is 11.5 Å². The molecular formula is C23H15N3O2. The number of aromatic nitrogens is 3. The molecule has 0 fully saturated rings. The van der Waals surface area contributed by atoms with E-state index in [0.717, 1.165) is 11.1 Å². The van der Waals surface area contributed by atoms with E-state index >= 15 is 0 Å². The third-order valence-electron chi connectivity index (χ3n) is 4.31. The first-order valence-electron chi connectivity index (χ1n) is 8.87. The smallest absolute Gasteiger partial charge is 0.245 e. The van der Waals surface area contributed by atoms with E-state index in [0.29, 0.717) is 34.7 Å². The molecule has 3 heterocycles. The number of rotatable bonds is 4. The molecule has 5 nitrogen and oxygen atoms in total. The molecule has 0 saturated carbocycles. The van der Waals surface area contributed by atoms with Crippen LogP contribution in [0.2, 0.25) is 0 Å². The number of hydrogen-bond donors (Lipinski definition) is 0. The van der Waals surface area contributed by atoms with Crippen molar-refractivity contribution in [2.24, 2.45) is 0 Å². The fourth-order valence-electron chi connectivity index (χ4n) is 2.93. The van der Waals surface area contributed by atoms with E-state index in [1.807, 2.05) is 78.9 Å². The Balaban J connectivity index is 1.46. The summed E-state index contributed by atoms with van der Waals surface area (Å²) in [6.07, 6.45) is 3.39. The van der Waals surface area contributed by atoms with Gasteiger partial charge >= 0.3 is 0 Å². The Labute approximate surface area is 161 Å². The first-order valence-corrected chi connectivity index (χ1v) is 8.87. The molecule has 0 atom stereocenters. The van der Waals surface area contributed by atoms with E-state index in [2.05, 4.69) is 15.0 Å². The van der Waals surface area contributed by atoms with Crippen LogP contribution in [0.25, 0.3) is 45.8 Å². The summed E-state index contributed by atoms with van der Waals surface area (Å²) < 4.78 is 11.8. The lowest BCUT2D eigenvalue weighted by molar-refractivity contribution is 0.582. The second kappa shape index (κ2) is 6.96. The molecule has 5 rings (SSSR count). The SMILES string of the molecule is c1ccc(-c2cnc(-c3cccc(-c4cnc(-c5ccccc5)o4)n3)o2)cc1. The Bertz CT molecular complexity index is 1120. The Morgan fingerprint density at radius 2 is 1.11 bits per heavy atom. The highest BCUT2D eigenvalue weighted by molar-refractivity contribution is 5.63. The van der Waals surface area contributed by atoms with Gasteiger partial charge in [-0.3, -0.25) is 0 Å². The van der Waals surface area contributed by atoms with Crippen LogP contribution in [-0.2, 0) is 0 Å². The molecule has 5 aromatic rings. The number of nitrogens with zero attached hydrogens (tertiary/aromatic N) is 3. The molecule has 5 heteroatoms. The molecule has 0 amide bonds. The molecule has 0 unspecified atom stereocenters. The molecule has 0 aliphatic rings. The van der Waals surface area contributed by atoms with Crippen LogP contribution in [0.1, 0.15) is 0 Å². The number of pyridine rings is 1. The molecule has 2 aromatic carbocycles. The Morgan fingerprint density at radius 3 is 1.89 bits per heavy atom. The van der Waals surface area contributed by atoms with Crippen molar-refractivity contribution < 1.29 is 8.83 Å². The lowest BCUT2D eigenvalue weighted by atomic mass is 10.2. The second-order valence-electron chi connectivity index (χ2n) is 6.20. The van der Waals surface area contributed by atoms with E-state index < -0.39 is 0 Å². The molecule has 3 aromatic heterocycles. The Hall–Kier alpha value is -3.99. The van der Waals surface area contributed by atoms with Crippen LogP contribution in [0.3, 0.4) is 0 Å². The minimum absolute atomic E-state index is 0.462. The summed E-state index contributed by atoms with van der Waals surface area (Å²) >= 11 is 0. The summed E-state index contributed by atoms with van der Waals surface area (Å²) in [5.41, 5.74) is 3.20. The van der Waals surface area contributed by atoms with Crippen LogP contribution in [-0.4, -0.2) is 15.0 Å². The van der Waals surface area contributed by atoms with E-state index in [4.69, 9.17) is 8.83 Å². The Kier molecular flexibility index (Phi) is 4.03. The van der Waals surface area contributed by atoms with Crippen LogP contribution < -0.4 is 0 Å². The molecule has 0 N–H and O–H groups in total. The van der Waals surface area contributed by atoms with Crippen molar-refractivity contribution in [1.82, 2.24) is 15.0 Å². The normalized spacial score (nSPS) is 10.9. The van der Waals surface area contributed by atoms with Gasteiger partial charge in [0, 0.05) is 11.1 Å². The Morgan fingerprint density at radius 1 is 0.500 bits per heavy atom. The highest BCUT2D eigenvalue weighted by atomic mass is 16.4. The lowest BCUT2D eigenvalue weighted by Gasteiger charge is -1.99. The zero-order valence-electron chi connectivity index (χ0n) is 14.8. The fourth-order valence-corrected chi connectivity index (χ4v) is 2.93. The number of oxazole rings is 2. The van der Waals surface area contributed by atoms with Crippen LogP contribution >= 0.6 is 0 Å². The minimum atomic E-state index is 0.462. The fraction of sp³-hybridized carbons (Fsp3) is 0. The van der Waals surface area contributed by atoms with Crippen molar-refractivity contribution >= 4 is 0 Å². The summed E-state index contributed by atoms with van der Waals surface area (Å²) in [5, 5.41) is 0. The van der Waals surface area contributed by atoms with E-state index in [-0.39, 0.29) is 0 Å². The van der Waals surface area contributed by atoms with Gasteiger partial charge in [-0.2, -0.15) is 0 Å². The van der Waals surface area contributed by atoms with Crippen LogP contribution in [0.5, 0.6) is 0 Å². The maximum absolute atomic E-state index is 5.90. The summed E-state index contributed by atoms with van der Waals surface area (Å²) in [7, 11) is 0. The van der Waals surface area contributed by atoms with Crippen LogP contribution in [0, 0.1) is 0 Å². The van der Waals surface area contributed by atoms with Crippen LogP contribution in [0.4, 0.5) is 0 Å². The molecule has 134 valence electrons. The standard InChI is InChI=1S/C23H15N3O2/c1-3-8-16(9-4-1)20-14-25-23(27-20)19-13-7-12-18(26-19)21-15-24-22(28-21)17-10-5-2-6-11-17/h1-15H. The predicted octanol–water partition coefficient (Wildman–Crippen LogP) is 5.73. The van der Waals surface area contributed by atoms with Crippen LogP contribution in [0.15, 0.2) is 100 Å². The van der Waals surface area contributed by atoms with Crippen molar-refractivity contribution in [1.29, 1.82) is 0 Å². The van der Waals surface area contributed by atoms with Gasteiger partial charge < -0.3 is 8.83 Å². The average molecular weight is 365 g/mol. The number of benzene rings is 2. The van der Waals surface area contributed by atoms with E-state index in [9.17, 15) is 0 Å². The van der Waals surface area contributed by atoms with Gasteiger partial charge in [-0.1, -0.05) is 54.6 Å². The van der Waals surface area contributed by atoms with Gasteiger partial charge in [-0.05, 0) is 24.3 Å². The molecule has 0 aliphatic heterocycles. The van der Waals surface area contributed by atoms with Crippen molar-refractivity contribution in [3.05, 3.63) is 91.3 Å². The zero-order valence-corrected chi connectivity index (χ0v) is 14.8. The minimum Gasteiger partial charge on any atom is -0.435 e. The monoisotopic (exact) mass is 365 g/mol. The van der Waals surface area contributed by atoms with Crippen molar-refractivity contribution in [3.63, 3.8) is 0 Å². The third-order valence-corrected chi connectivity index (χ3v) is 4.31. The van der Waals surface area contributed by atoms with E-state index in [1.165, 1.54) is 0 Å². The zero-order chi connectivity index (χ0) is 18.8. The number of hydrogen-bond acceptors (Lipinski definition) is 5. The predicted molar refractivity (Wildman–Crippen MR) is 106 cm³/mol. The first kappa shape index (κ1) is 16.2. The maximum Gasteiger partial charge on any atom is 0.245 e. The third kappa shape index (κ3) is 3.10. The molecule has 0 spiro atoms. The molecular weight excluding hydrogens is 350 g/mol. The van der Waals surface area contributed by atoms with Gasteiger partial charge in [-0.15, -0.1) is 0 Å². The van der Waals surface area contributed by atoms with Gasteiger partial charge in [-0.25, -0.2) is 15.0 Å². The maximum atomic E-state index is 5.90. The molecule has 0 saturated heterocycles.